The Balaban J connectivity index is 2.66. The molecule has 2 N–H and O–H groups in total. The van der Waals surface area contributed by atoms with Gasteiger partial charge in [0.2, 0.25) is 10.0 Å². The zero-order valence-electron chi connectivity index (χ0n) is 12.8. The normalized spacial score (nSPS) is 11.9. The van der Waals surface area contributed by atoms with Gasteiger partial charge in [-0.2, -0.15) is 5.26 Å². The monoisotopic (exact) mass is 309 g/mol. The highest BCUT2D eigenvalue weighted by atomic mass is 32.2. The Morgan fingerprint density at radius 3 is 2.38 bits per heavy atom. The highest BCUT2D eigenvalue weighted by molar-refractivity contribution is 7.89. The molecule has 0 aliphatic heterocycles. The van der Waals surface area contributed by atoms with Crippen molar-refractivity contribution in [3.8, 4) is 6.07 Å². The predicted octanol–water partition coefficient (Wildman–Crippen LogP) is 2.73. The van der Waals surface area contributed by atoms with Gasteiger partial charge in [-0.15, -0.1) is 0 Å². The van der Waals surface area contributed by atoms with Gasteiger partial charge in [0.15, 0.2) is 0 Å². The van der Waals surface area contributed by atoms with Crippen LogP contribution in [0.25, 0.3) is 0 Å². The Morgan fingerprint density at radius 1 is 1.24 bits per heavy atom. The van der Waals surface area contributed by atoms with Crippen molar-refractivity contribution in [2.75, 3.05) is 18.4 Å². The van der Waals surface area contributed by atoms with Crippen LogP contribution >= 0.6 is 0 Å². The highest BCUT2D eigenvalue weighted by Gasteiger charge is 2.17. The molecule has 6 heteroatoms. The van der Waals surface area contributed by atoms with Crippen LogP contribution in [0.1, 0.15) is 33.6 Å². The van der Waals surface area contributed by atoms with Gasteiger partial charge in [0, 0.05) is 25.2 Å². The van der Waals surface area contributed by atoms with E-state index in [1.807, 2.05) is 0 Å². The molecule has 0 radical (unpaired) electrons. The molecule has 0 fully saturated rings. The molecule has 21 heavy (non-hydrogen) atoms. The summed E-state index contributed by atoms with van der Waals surface area (Å²) in [6, 6.07) is 8.84. The Bertz CT molecular complexity index is 586. The smallest absolute Gasteiger partial charge is 0.240 e. The maximum Gasteiger partial charge on any atom is 0.240 e. The molecule has 1 rings (SSSR count). The van der Waals surface area contributed by atoms with E-state index in [0.717, 1.165) is 18.7 Å². The van der Waals surface area contributed by atoms with Crippen LogP contribution in [0.3, 0.4) is 0 Å². The van der Waals surface area contributed by atoms with Crippen LogP contribution in [-0.2, 0) is 10.0 Å². The molecule has 0 aromatic heterocycles. The fourth-order valence-electron chi connectivity index (χ4n) is 1.85. The quantitative estimate of drug-likeness (QED) is 0.773. The van der Waals surface area contributed by atoms with Gasteiger partial charge in [-0.3, -0.25) is 0 Å². The standard InChI is InChI=1S/C15H23N3O2S/c1-4-18-21(19,20)14-8-6-13(7-9-14)17-12-15(2,3)10-5-11-16/h6-9,17-18H,4-5,10,12H2,1-3H3. The average Bonchev–Trinajstić information content (AvgIpc) is 2.44. The van der Waals surface area contributed by atoms with Crippen molar-refractivity contribution in [1.82, 2.24) is 4.72 Å². The molecule has 0 amide bonds. The molecular weight excluding hydrogens is 286 g/mol. The van der Waals surface area contributed by atoms with Crippen LogP contribution in [0.4, 0.5) is 5.69 Å². The van der Waals surface area contributed by atoms with E-state index in [1.165, 1.54) is 0 Å². The summed E-state index contributed by atoms with van der Waals surface area (Å²) in [5.74, 6) is 0. The average molecular weight is 309 g/mol. The SMILES string of the molecule is CCNS(=O)(=O)c1ccc(NCC(C)(C)CCC#N)cc1. The van der Waals surface area contributed by atoms with Gasteiger partial charge in [-0.05, 0) is 36.1 Å². The number of benzene rings is 1. The molecule has 0 unspecified atom stereocenters. The lowest BCUT2D eigenvalue weighted by Gasteiger charge is -2.24. The fraction of sp³-hybridized carbons (Fsp3) is 0.533. The largest absolute Gasteiger partial charge is 0.385 e. The second-order valence-corrected chi connectivity index (χ2v) is 7.47. The van der Waals surface area contributed by atoms with E-state index in [1.54, 1.807) is 31.2 Å². The molecule has 5 nitrogen and oxygen atoms in total. The van der Waals surface area contributed by atoms with Crippen LogP contribution in [-0.4, -0.2) is 21.5 Å². The van der Waals surface area contributed by atoms with Crippen LogP contribution in [0, 0.1) is 16.7 Å². The van der Waals surface area contributed by atoms with Gasteiger partial charge >= 0.3 is 0 Å². The molecule has 0 bridgehead atoms. The lowest BCUT2D eigenvalue weighted by atomic mass is 9.88. The highest BCUT2D eigenvalue weighted by Crippen LogP contribution is 2.23. The summed E-state index contributed by atoms with van der Waals surface area (Å²) in [4.78, 5) is 0.263. The minimum absolute atomic E-state index is 0.0181. The van der Waals surface area contributed by atoms with Crippen molar-refractivity contribution in [2.45, 2.75) is 38.5 Å². The first-order valence-electron chi connectivity index (χ1n) is 7.01. The van der Waals surface area contributed by atoms with Crippen LogP contribution in [0.5, 0.6) is 0 Å². The van der Waals surface area contributed by atoms with E-state index in [-0.39, 0.29) is 10.3 Å². The summed E-state index contributed by atoms with van der Waals surface area (Å²) in [7, 11) is -3.40. The second-order valence-electron chi connectivity index (χ2n) is 5.70. The zero-order valence-corrected chi connectivity index (χ0v) is 13.6. The first-order valence-corrected chi connectivity index (χ1v) is 8.49. The lowest BCUT2D eigenvalue weighted by Crippen LogP contribution is -2.24. The van der Waals surface area contributed by atoms with Gasteiger partial charge in [0.25, 0.3) is 0 Å². The van der Waals surface area contributed by atoms with Crippen molar-refractivity contribution in [3.05, 3.63) is 24.3 Å². The van der Waals surface area contributed by atoms with Crippen molar-refractivity contribution in [2.24, 2.45) is 5.41 Å². The molecule has 0 atom stereocenters. The van der Waals surface area contributed by atoms with E-state index < -0.39 is 10.0 Å². The Kier molecular flexibility index (Phi) is 6.19. The van der Waals surface area contributed by atoms with Crippen molar-refractivity contribution < 1.29 is 8.42 Å². The summed E-state index contributed by atoms with van der Waals surface area (Å²) in [5, 5.41) is 11.9. The fourth-order valence-corrected chi connectivity index (χ4v) is 2.89. The second kappa shape index (κ2) is 7.43. The summed E-state index contributed by atoms with van der Waals surface area (Å²) in [5.41, 5.74) is 0.889. The number of nitrogens with one attached hydrogen (secondary N) is 2. The van der Waals surface area contributed by atoms with Crippen LogP contribution in [0.2, 0.25) is 0 Å². The first kappa shape index (κ1) is 17.5. The molecule has 116 valence electrons. The molecule has 0 heterocycles. The Hall–Kier alpha value is -1.58. The van der Waals surface area contributed by atoms with Gasteiger partial charge in [-0.25, -0.2) is 13.1 Å². The molecule has 0 aliphatic carbocycles. The van der Waals surface area contributed by atoms with Gasteiger partial charge in [-0.1, -0.05) is 20.8 Å². The maximum absolute atomic E-state index is 11.8. The van der Waals surface area contributed by atoms with Crippen LogP contribution in [0.15, 0.2) is 29.2 Å². The van der Waals surface area contributed by atoms with Gasteiger partial charge < -0.3 is 5.32 Å². The predicted molar refractivity (Wildman–Crippen MR) is 84.4 cm³/mol. The zero-order chi connectivity index (χ0) is 15.9. The molecule has 1 aromatic rings. The third kappa shape index (κ3) is 5.74. The number of rotatable bonds is 8. The third-order valence-corrected chi connectivity index (χ3v) is 4.75. The first-order chi connectivity index (χ1) is 9.80. The topological polar surface area (TPSA) is 82.0 Å². The number of sulfonamides is 1. The van der Waals surface area contributed by atoms with Crippen molar-refractivity contribution in [3.63, 3.8) is 0 Å². The number of nitrogens with zero attached hydrogens (tertiary/aromatic N) is 1. The molecule has 0 saturated heterocycles. The summed E-state index contributed by atoms with van der Waals surface area (Å²) < 4.78 is 26.1. The molecule has 0 spiro atoms. The number of nitriles is 1. The number of anilines is 1. The van der Waals surface area contributed by atoms with E-state index in [2.05, 4.69) is 30.0 Å². The minimum atomic E-state index is -3.40. The maximum atomic E-state index is 11.8. The van der Waals surface area contributed by atoms with Crippen molar-refractivity contribution in [1.29, 1.82) is 5.26 Å². The van der Waals surface area contributed by atoms with E-state index in [4.69, 9.17) is 5.26 Å². The Morgan fingerprint density at radius 2 is 1.86 bits per heavy atom. The third-order valence-electron chi connectivity index (χ3n) is 3.18. The van der Waals surface area contributed by atoms with Crippen molar-refractivity contribution >= 4 is 15.7 Å². The molecular formula is C15H23N3O2S. The van der Waals surface area contributed by atoms with Gasteiger partial charge in [0.05, 0.1) is 11.0 Å². The number of hydrogen-bond acceptors (Lipinski definition) is 4. The van der Waals surface area contributed by atoms with Gasteiger partial charge in [0.1, 0.15) is 0 Å². The number of hydrogen-bond donors (Lipinski definition) is 2. The van der Waals surface area contributed by atoms with E-state index in [9.17, 15) is 8.42 Å². The summed E-state index contributed by atoms with van der Waals surface area (Å²) >= 11 is 0. The summed E-state index contributed by atoms with van der Waals surface area (Å²) in [6.45, 7) is 7.04. The molecule has 1 aromatic carbocycles. The molecule has 0 saturated carbocycles. The minimum Gasteiger partial charge on any atom is -0.385 e. The van der Waals surface area contributed by atoms with E-state index >= 15 is 0 Å². The molecule has 0 aliphatic rings. The Labute approximate surface area is 127 Å². The van der Waals surface area contributed by atoms with Crippen LogP contribution < -0.4 is 10.0 Å². The van der Waals surface area contributed by atoms with E-state index in [0.29, 0.717) is 13.0 Å². The lowest BCUT2D eigenvalue weighted by molar-refractivity contribution is 0.364. The summed E-state index contributed by atoms with van der Waals surface area (Å²) in [6.07, 6.45) is 1.36.